The lowest BCUT2D eigenvalue weighted by molar-refractivity contribution is -0.118. The maximum Gasteiger partial charge on any atom is 0.217 e. The number of aryl methyl sites for hydroxylation is 1. The normalized spacial score (nSPS) is 12.4. The Morgan fingerprint density at radius 3 is 2.67 bits per heavy atom. The quantitative estimate of drug-likeness (QED) is 0.574. The van der Waals surface area contributed by atoms with Crippen LogP contribution in [0, 0.1) is 0 Å². The molecule has 0 bridgehead atoms. The van der Waals surface area contributed by atoms with Crippen molar-refractivity contribution in [3.63, 3.8) is 0 Å². The van der Waals surface area contributed by atoms with Crippen molar-refractivity contribution in [3.8, 4) is 0 Å². The highest BCUT2D eigenvalue weighted by molar-refractivity contribution is 5.73. The molecular weight excluding hydrogens is 198 g/mol. The van der Waals surface area contributed by atoms with Crippen LogP contribution in [0.4, 0.5) is 0 Å². The van der Waals surface area contributed by atoms with Gasteiger partial charge in [-0.3, -0.25) is 14.8 Å². The van der Waals surface area contributed by atoms with E-state index in [0.717, 1.165) is 0 Å². The highest BCUT2D eigenvalue weighted by atomic mass is 16.3. The third-order valence-electron chi connectivity index (χ3n) is 1.87. The molecule has 0 radical (unpaired) electrons. The molecule has 1 heterocycles. The summed E-state index contributed by atoms with van der Waals surface area (Å²) in [6, 6.07) is 0. The third kappa shape index (κ3) is 3.61. The number of nitrogens with two attached hydrogens (primary N) is 1. The van der Waals surface area contributed by atoms with Crippen LogP contribution in [-0.4, -0.2) is 32.7 Å². The zero-order chi connectivity index (χ0) is 11.3. The molecule has 1 atom stereocenters. The SMILES string of the molecule is NC(=O)CCc1cnc([C@@H](O)CO)cn1. The molecule has 6 nitrogen and oxygen atoms in total. The number of primary amides is 1. The van der Waals surface area contributed by atoms with Gasteiger partial charge >= 0.3 is 0 Å². The van der Waals surface area contributed by atoms with Crippen LogP contribution >= 0.6 is 0 Å². The Hall–Kier alpha value is -1.53. The second-order valence-corrected chi connectivity index (χ2v) is 3.10. The fourth-order valence-electron chi connectivity index (χ4n) is 1.01. The molecule has 0 aliphatic rings. The molecule has 15 heavy (non-hydrogen) atoms. The fourth-order valence-corrected chi connectivity index (χ4v) is 1.01. The van der Waals surface area contributed by atoms with Gasteiger partial charge in [0.1, 0.15) is 6.10 Å². The number of aliphatic hydroxyl groups is 2. The van der Waals surface area contributed by atoms with E-state index in [1.165, 1.54) is 12.4 Å². The van der Waals surface area contributed by atoms with Crippen LogP contribution in [0.1, 0.15) is 23.9 Å². The molecule has 0 aliphatic carbocycles. The van der Waals surface area contributed by atoms with Gasteiger partial charge in [-0.05, 0) is 6.42 Å². The van der Waals surface area contributed by atoms with Crippen LogP contribution in [0.3, 0.4) is 0 Å². The van der Waals surface area contributed by atoms with E-state index in [2.05, 4.69) is 9.97 Å². The topological polar surface area (TPSA) is 109 Å². The zero-order valence-electron chi connectivity index (χ0n) is 8.13. The summed E-state index contributed by atoms with van der Waals surface area (Å²) in [7, 11) is 0. The second kappa shape index (κ2) is 5.38. The Balaban J connectivity index is 2.60. The van der Waals surface area contributed by atoms with Crippen molar-refractivity contribution in [3.05, 3.63) is 23.8 Å². The lowest BCUT2D eigenvalue weighted by atomic mass is 10.2. The number of hydrogen-bond acceptors (Lipinski definition) is 5. The van der Waals surface area contributed by atoms with Gasteiger partial charge in [0.15, 0.2) is 0 Å². The summed E-state index contributed by atoms with van der Waals surface area (Å²) in [4.78, 5) is 18.4. The van der Waals surface area contributed by atoms with Crippen LogP contribution in [0.25, 0.3) is 0 Å². The monoisotopic (exact) mass is 211 g/mol. The first-order chi connectivity index (χ1) is 7.13. The summed E-state index contributed by atoms with van der Waals surface area (Å²) in [5, 5.41) is 17.9. The molecule has 1 amide bonds. The average molecular weight is 211 g/mol. The summed E-state index contributed by atoms with van der Waals surface area (Å²) in [6.07, 6.45) is 2.46. The Labute approximate surface area is 86.8 Å². The molecule has 1 aromatic rings. The van der Waals surface area contributed by atoms with Gasteiger partial charge in [0, 0.05) is 12.6 Å². The number of amides is 1. The molecular formula is C9H13N3O3. The molecule has 0 spiro atoms. The molecule has 0 aromatic carbocycles. The predicted octanol–water partition coefficient (Wildman–Crippen LogP) is -1.08. The smallest absolute Gasteiger partial charge is 0.217 e. The van der Waals surface area contributed by atoms with Gasteiger partial charge in [0.25, 0.3) is 0 Å². The van der Waals surface area contributed by atoms with Crippen molar-refractivity contribution in [2.24, 2.45) is 5.73 Å². The van der Waals surface area contributed by atoms with Gasteiger partial charge in [-0.25, -0.2) is 0 Å². The van der Waals surface area contributed by atoms with E-state index in [1.807, 2.05) is 0 Å². The van der Waals surface area contributed by atoms with E-state index < -0.39 is 18.6 Å². The molecule has 4 N–H and O–H groups in total. The Bertz CT molecular complexity index is 326. The maximum absolute atomic E-state index is 10.5. The Morgan fingerprint density at radius 2 is 2.20 bits per heavy atom. The lowest BCUT2D eigenvalue weighted by Gasteiger charge is -2.05. The van der Waals surface area contributed by atoms with Gasteiger partial charge in [0.05, 0.1) is 24.2 Å². The van der Waals surface area contributed by atoms with E-state index in [1.54, 1.807) is 0 Å². The second-order valence-electron chi connectivity index (χ2n) is 3.10. The van der Waals surface area contributed by atoms with Gasteiger partial charge in [-0.1, -0.05) is 0 Å². The van der Waals surface area contributed by atoms with Crippen LogP contribution in [0.15, 0.2) is 12.4 Å². The van der Waals surface area contributed by atoms with Gasteiger partial charge < -0.3 is 15.9 Å². The van der Waals surface area contributed by atoms with Gasteiger partial charge in [-0.2, -0.15) is 0 Å². The van der Waals surface area contributed by atoms with Crippen molar-refractivity contribution in [1.82, 2.24) is 9.97 Å². The molecule has 0 unspecified atom stereocenters. The number of carbonyl (C=O) groups excluding carboxylic acids is 1. The summed E-state index contributed by atoms with van der Waals surface area (Å²) >= 11 is 0. The number of aliphatic hydroxyl groups excluding tert-OH is 2. The number of aromatic nitrogens is 2. The first kappa shape index (κ1) is 11.5. The standard InChI is InChI=1S/C9H13N3O3/c10-9(15)2-1-6-3-12-7(4-11-6)8(14)5-13/h3-4,8,13-14H,1-2,5H2,(H2,10,15)/t8-/m0/s1. The summed E-state index contributed by atoms with van der Waals surface area (Å²) in [6.45, 7) is -0.394. The van der Waals surface area contributed by atoms with Crippen molar-refractivity contribution in [2.45, 2.75) is 18.9 Å². The highest BCUT2D eigenvalue weighted by Crippen LogP contribution is 2.07. The van der Waals surface area contributed by atoms with Crippen molar-refractivity contribution >= 4 is 5.91 Å². The summed E-state index contributed by atoms with van der Waals surface area (Å²) in [5.41, 5.74) is 5.91. The van der Waals surface area contributed by atoms with Crippen LogP contribution in [0.2, 0.25) is 0 Å². The van der Waals surface area contributed by atoms with Gasteiger partial charge in [-0.15, -0.1) is 0 Å². The Kier molecular flexibility index (Phi) is 4.14. The molecule has 82 valence electrons. The minimum absolute atomic E-state index is 0.219. The van der Waals surface area contributed by atoms with Crippen LogP contribution < -0.4 is 5.73 Å². The lowest BCUT2D eigenvalue weighted by Crippen LogP contribution is -2.12. The largest absolute Gasteiger partial charge is 0.393 e. The molecule has 1 rings (SSSR count). The molecule has 0 saturated carbocycles. The molecule has 1 aromatic heterocycles. The average Bonchev–Trinajstić information content (AvgIpc) is 2.26. The van der Waals surface area contributed by atoms with Crippen molar-refractivity contribution in [2.75, 3.05) is 6.61 Å². The van der Waals surface area contributed by atoms with E-state index in [9.17, 15) is 9.90 Å². The minimum atomic E-state index is -1.01. The summed E-state index contributed by atoms with van der Waals surface area (Å²) < 4.78 is 0. The van der Waals surface area contributed by atoms with E-state index in [0.29, 0.717) is 17.8 Å². The fraction of sp³-hybridized carbons (Fsp3) is 0.444. The first-order valence-electron chi connectivity index (χ1n) is 4.51. The molecule has 0 saturated heterocycles. The Morgan fingerprint density at radius 1 is 1.47 bits per heavy atom. The van der Waals surface area contributed by atoms with E-state index >= 15 is 0 Å². The van der Waals surface area contributed by atoms with Crippen molar-refractivity contribution in [1.29, 1.82) is 0 Å². The van der Waals surface area contributed by atoms with Gasteiger partial charge in [0.2, 0.25) is 5.91 Å². The van der Waals surface area contributed by atoms with E-state index in [4.69, 9.17) is 10.8 Å². The number of nitrogens with zero attached hydrogens (tertiary/aromatic N) is 2. The maximum atomic E-state index is 10.5. The summed E-state index contributed by atoms with van der Waals surface area (Å²) in [5.74, 6) is -0.392. The number of hydrogen-bond donors (Lipinski definition) is 3. The zero-order valence-corrected chi connectivity index (χ0v) is 8.13. The minimum Gasteiger partial charge on any atom is -0.393 e. The van der Waals surface area contributed by atoms with Crippen LogP contribution in [-0.2, 0) is 11.2 Å². The van der Waals surface area contributed by atoms with Crippen molar-refractivity contribution < 1.29 is 15.0 Å². The molecule has 0 aliphatic heterocycles. The molecule has 6 heteroatoms. The van der Waals surface area contributed by atoms with E-state index in [-0.39, 0.29) is 6.42 Å². The highest BCUT2D eigenvalue weighted by Gasteiger charge is 2.07. The molecule has 0 fully saturated rings. The first-order valence-corrected chi connectivity index (χ1v) is 4.51. The predicted molar refractivity (Wildman–Crippen MR) is 51.6 cm³/mol. The number of rotatable bonds is 5. The van der Waals surface area contributed by atoms with Crippen LogP contribution in [0.5, 0.6) is 0 Å². The number of carbonyl (C=O) groups is 1. The third-order valence-corrected chi connectivity index (χ3v) is 1.87.